The molecule has 1 saturated carbocycles. The van der Waals surface area contributed by atoms with Gasteiger partial charge in [-0.1, -0.05) is 19.3 Å². The Labute approximate surface area is 99.3 Å². The van der Waals surface area contributed by atoms with Crippen molar-refractivity contribution in [2.75, 3.05) is 0 Å². The SMILES string of the molecule is O=C(O)c1ccncc1SC1CCCCC1. The third-order valence-electron chi connectivity index (χ3n) is 2.86. The number of aromatic nitrogens is 1. The molecule has 0 aliphatic heterocycles. The summed E-state index contributed by atoms with van der Waals surface area (Å²) < 4.78 is 0. The quantitative estimate of drug-likeness (QED) is 0.877. The first-order valence-corrected chi connectivity index (χ1v) is 6.49. The number of hydrogen-bond acceptors (Lipinski definition) is 3. The van der Waals surface area contributed by atoms with Crippen molar-refractivity contribution in [1.82, 2.24) is 4.98 Å². The molecular formula is C12H15NO2S. The van der Waals surface area contributed by atoms with Crippen LogP contribution < -0.4 is 0 Å². The molecule has 1 N–H and O–H groups in total. The topological polar surface area (TPSA) is 50.2 Å². The summed E-state index contributed by atoms with van der Waals surface area (Å²) in [5.41, 5.74) is 0.380. The summed E-state index contributed by atoms with van der Waals surface area (Å²) in [6.45, 7) is 0. The third-order valence-corrected chi connectivity index (χ3v) is 4.24. The number of carboxylic acid groups (broad SMARTS) is 1. The highest BCUT2D eigenvalue weighted by Crippen LogP contribution is 2.34. The number of aromatic carboxylic acids is 1. The molecular weight excluding hydrogens is 222 g/mol. The summed E-state index contributed by atoms with van der Waals surface area (Å²) in [5, 5.41) is 9.62. The monoisotopic (exact) mass is 237 g/mol. The van der Waals surface area contributed by atoms with Crippen molar-refractivity contribution in [3.05, 3.63) is 24.0 Å². The Morgan fingerprint density at radius 2 is 2.12 bits per heavy atom. The maximum Gasteiger partial charge on any atom is 0.336 e. The van der Waals surface area contributed by atoms with Crippen molar-refractivity contribution in [3.63, 3.8) is 0 Å². The van der Waals surface area contributed by atoms with E-state index in [0.717, 1.165) is 4.90 Å². The number of thioether (sulfide) groups is 1. The van der Waals surface area contributed by atoms with Gasteiger partial charge in [0.25, 0.3) is 0 Å². The van der Waals surface area contributed by atoms with E-state index < -0.39 is 5.97 Å². The van der Waals surface area contributed by atoms with Crippen molar-refractivity contribution in [2.45, 2.75) is 42.2 Å². The van der Waals surface area contributed by atoms with Gasteiger partial charge in [-0.05, 0) is 18.9 Å². The number of hydrogen-bond donors (Lipinski definition) is 1. The highest BCUT2D eigenvalue weighted by Gasteiger charge is 2.18. The fourth-order valence-electron chi connectivity index (χ4n) is 2.01. The third kappa shape index (κ3) is 2.76. The van der Waals surface area contributed by atoms with Crippen LogP contribution >= 0.6 is 11.8 Å². The van der Waals surface area contributed by atoms with E-state index in [9.17, 15) is 4.79 Å². The smallest absolute Gasteiger partial charge is 0.336 e. The van der Waals surface area contributed by atoms with Gasteiger partial charge in [-0.3, -0.25) is 4.98 Å². The van der Waals surface area contributed by atoms with Gasteiger partial charge in [0.05, 0.1) is 5.56 Å². The lowest BCUT2D eigenvalue weighted by Gasteiger charge is -2.21. The molecule has 86 valence electrons. The minimum Gasteiger partial charge on any atom is -0.478 e. The first kappa shape index (κ1) is 11.5. The molecule has 0 atom stereocenters. The maximum absolute atomic E-state index is 11.0. The van der Waals surface area contributed by atoms with Gasteiger partial charge in [0.2, 0.25) is 0 Å². The molecule has 0 spiro atoms. The average Bonchev–Trinajstić information content (AvgIpc) is 2.31. The molecule has 3 nitrogen and oxygen atoms in total. The molecule has 0 aromatic carbocycles. The van der Waals surface area contributed by atoms with Gasteiger partial charge in [-0.25, -0.2) is 4.79 Å². The second-order valence-corrected chi connectivity index (χ2v) is 5.40. The standard InChI is InChI=1S/C12H15NO2S/c14-12(15)10-6-7-13-8-11(10)16-9-4-2-1-3-5-9/h6-9H,1-5H2,(H,14,15). The van der Waals surface area contributed by atoms with Crippen molar-refractivity contribution in [2.24, 2.45) is 0 Å². The number of pyridine rings is 1. The van der Waals surface area contributed by atoms with Crippen molar-refractivity contribution < 1.29 is 9.90 Å². The predicted molar refractivity (Wildman–Crippen MR) is 63.9 cm³/mol. The Kier molecular flexibility index (Phi) is 3.83. The summed E-state index contributed by atoms with van der Waals surface area (Å²) in [6.07, 6.45) is 9.44. The normalized spacial score (nSPS) is 17.2. The van der Waals surface area contributed by atoms with E-state index in [4.69, 9.17) is 5.11 Å². The fraction of sp³-hybridized carbons (Fsp3) is 0.500. The van der Waals surface area contributed by atoms with E-state index >= 15 is 0 Å². The summed E-state index contributed by atoms with van der Waals surface area (Å²) in [7, 11) is 0. The molecule has 0 amide bonds. The van der Waals surface area contributed by atoms with Crippen molar-refractivity contribution in [3.8, 4) is 0 Å². The molecule has 1 aromatic rings. The van der Waals surface area contributed by atoms with Crippen LogP contribution in [0.5, 0.6) is 0 Å². The van der Waals surface area contributed by atoms with Crippen LogP contribution in [0.25, 0.3) is 0 Å². The highest BCUT2D eigenvalue weighted by atomic mass is 32.2. The zero-order chi connectivity index (χ0) is 11.4. The predicted octanol–water partition coefficient (Wildman–Crippen LogP) is 3.20. The number of rotatable bonds is 3. The van der Waals surface area contributed by atoms with E-state index in [1.165, 1.54) is 38.3 Å². The summed E-state index contributed by atoms with van der Waals surface area (Å²) in [5.74, 6) is -0.860. The van der Waals surface area contributed by atoms with Crippen LogP contribution in [-0.4, -0.2) is 21.3 Å². The van der Waals surface area contributed by atoms with Gasteiger partial charge in [-0.15, -0.1) is 11.8 Å². The van der Waals surface area contributed by atoms with Crippen LogP contribution in [0, 0.1) is 0 Å². The van der Waals surface area contributed by atoms with Gasteiger partial charge < -0.3 is 5.11 Å². The van der Waals surface area contributed by atoms with Crippen LogP contribution in [0.2, 0.25) is 0 Å². The van der Waals surface area contributed by atoms with Crippen LogP contribution in [0.1, 0.15) is 42.5 Å². The molecule has 0 radical (unpaired) electrons. The molecule has 0 bridgehead atoms. The Hall–Kier alpha value is -1.03. The van der Waals surface area contributed by atoms with Crippen LogP contribution in [0.15, 0.2) is 23.4 Å². The maximum atomic E-state index is 11.0. The Bertz CT molecular complexity index is 375. The van der Waals surface area contributed by atoms with Gasteiger partial charge >= 0.3 is 5.97 Å². The minimum absolute atomic E-state index is 0.380. The molecule has 0 unspecified atom stereocenters. The Morgan fingerprint density at radius 1 is 1.38 bits per heavy atom. The molecule has 2 rings (SSSR count). The Morgan fingerprint density at radius 3 is 2.81 bits per heavy atom. The van der Waals surface area contributed by atoms with Gasteiger partial charge in [-0.2, -0.15) is 0 Å². The van der Waals surface area contributed by atoms with Crippen LogP contribution in [0.3, 0.4) is 0 Å². The summed E-state index contributed by atoms with van der Waals surface area (Å²) >= 11 is 1.68. The lowest BCUT2D eigenvalue weighted by Crippen LogP contribution is -2.09. The molecule has 1 fully saturated rings. The summed E-state index contributed by atoms with van der Waals surface area (Å²) in [6, 6.07) is 1.58. The summed E-state index contributed by atoms with van der Waals surface area (Å²) in [4.78, 5) is 15.8. The zero-order valence-corrected chi connectivity index (χ0v) is 9.87. The first-order chi connectivity index (χ1) is 7.77. The lowest BCUT2D eigenvalue weighted by molar-refractivity contribution is 0.0693. The fourth-order valence-corrected chi connectivity index (χ4v) is 3.35. The zero-order valence-electron chi connectivity index (χ0n) is 9.06. The first-order valence-electron chi connectivity index (χ1n) is 5.61. The number of nitrogens with zero attached hydrogens (tertiary/aromatic N) is 1. The van der Waals surface area contributed by atoms with E-state index in [1.807, 2.05) is 0 Å². The highest BCUT2D eigenvalue weighted by molar-refractivity contribution is 8.00. The molecule has 0 saturated heterocycles. The largest absolute Gasteiger partial charge is 0.478 e. The minimum atomic E-state index is -0.860. The van der Waals surface area contributed by atoms with Crippen molar-refractivity contribution in [1.29, 1.82) is 0 Å². The van der Waals surface area contributed by atoms with E-state index in [2.05, 4.69) is 4.98 Å². The number of carboxylic acids is 1. The lowest BCUT2D eigenvalue weighted by atomic mass is 10.0. The second-order valence-electron chi connectivity index (χ2n) is 4.05. The van der Waals surface area contributed by atoms with Gasteiger partial charge in [0.1, 0.15) is 0 Å². The van der Waals surface area contributed by atoms with Crippen LogP contribution in [0.4, 0.5) is 0 Å². The van der Waals surface area contributed by atoms with Gasteiger partial charge in [0.15, 0.2) is 0 Å². The second kappa shape index (κ2) is 5.34. The van der Waals surface area contributed by atoms with Crippen LogP contribution in [-0.2, 0) is 0 Å². The Balaban J connectivity index is 2.10. The molecule has 1 aliphatic carbocycles. The molecule has 1 aromatic heterocycles. The molecule has 4 heteroatoms. The van der Waals surface area contributed by atoms with Gasteiger partial charge in [0, 0.05) is 22.5 Å². The van der Waals surface area contributed by atoms with E-state index in [-0.39, 0.29) is 0 Å². The molecule has 1 heterocycles. The van der Waals surface area contributed by atoms with Crippen molar-refractivity contribution >= 4 is 17.7 Å². The number of carbonyl (C=O) groups is 1. The van der Waals surface area contributed by atoms with E-state index in [1.54, 1.807) is 24.0 Å². The van der Waals surface area contributed by atoms with E-state index in [0.29, 0.717) is 10.8 Å². The molecule has 1 aliphatic rings. The molecule has 16 heavy (non-hydrogen) atoms. The average molecular weight is 237 g/mol.